The minimum absolute atomic E-state index is 0.171. The predicted molar refractivity (Wildman–Crippen MR) is 253 cm³/mol. The SMILES string of the molecule is CCCCCCCCCCCCCC(=O)OCC(CO)(CO)COCC(CO)(COC(=O)CCCCCCCCCCCCC)COC(=O)CCCCCCCCCCCCC. The first kappa shape index (κ1) is 60.2. The van der Waals surface area contributed by atoms with Crippen LogP contribution in [0.5, 0.6) is 0 Å². The number of unbranched alkanes of at least 4 members (excludes halogenated alkanes) is 30. The molecule has 10 nitrogen and oxygen atoms in total. The number of aliphatic hydroxyl groups excluding tert-OH is 3. The summed E-state index contributed by atoms with van der Waals surface area (Å²) in [7, 11) is 0. The molecule has 0 aliphatic rings. The zero-order valence-corrected chi connectivity index (χ0v) is 40.8. The lowest BCUT2D eigenvalue weighted by Gasteiger charge is -2.34. The molecule has 3 N–H and O–H groups in total. The highest BCUT2D eigenvalue weighted by molar-refractivity contribution is 5.70. The quantitative estimate of drug-likeness (QED) is 0.0306. The molecule has 0 aromatic carbocycles. The molecule has 0 aromatic heterocycles. The van der Waals surface area contributed by atoms with Crippen molar-refractivity contribution in [3.63, 3.8) is 0 Å². The van der Waals surface area contributed by atoms with Crippen molar-refractivity contribution in [1.82, 2.24) is 0 Å². The van der Waals surface area contributed by atoms with E-state index in [1.54, 1.807) is 0 Å². The third-order valence-electron chi connectivity index (χ3n) is 12.4. The number of aliphatic hydroxyl groups is 3. The van der Waals surface area contributed by atoms with Gasteiger partial charge in [0.25, 0.3) is 0 Å². The fraction of sp³-hybridized carbons (Fsp3) is 0.942. The summed E-state index contributed by atoms with van der Waals surface area (Å²) in [6, 6.07) is 0. The topological polar surface area (TPSA) is 149 Å². The molecule has 62 heavy (non-hydrogen) atoms. The van der Waals surface area contributed by atoms with Gasteiger partial charge >= 0.3 is 17.9 Å². The molecular weight excluding hydrogens is 785 g/mol. The van der Waals surface area contributed by atoms with Gasteiger partial charge in [-0.05, 0) is 19.3 Å². The van der Waals surface area contributed by atoms with E-state index >= 15 is 0 Å². The van der Waals surface area contributed by atoms with Crippen molar-refractivity contribution in [3.8, 4) is 0 Å². The molecule has 0 unspecified atom stereocenters. The second-order valence-corrected chi connectivity index (χ2v) is 18.8. The summed E-state index contributed by atoms with van der Waals surface area (Å²) in [5.41, 5.74) is -2.52. The Labute approximate surface area is 381 Å². The van der Waals surface area contributed by atoms with Crippen LogP contribution in [0.2, 0.25) is 0 Å². The Balaban J connectivity index is 4.97. The van der Waals surface area contributed by atoms with Crippen LogP contribution in [0.4, 0.5) is 0 Å². The second-order valence-electron chi connectivity index (χ2n) is 18.8. The Bertz CT molecular complexity index is 958. The van der Waals surface area contributed by atoms with Crippen LogP contribution in [0, 0.1) is 10.8 Å². The molecule has 0 saturated carbocycles. The molecule has 0 rings (SSSR count). The van der Waals surface area contributed by atoms with E-state index in [4.69, 9.17) is 18.9 Å². The Morgan fingerprint density at radius 2 is 0.516 bits per heavy atom. The third-order valence-corrected chi connectivity index (χ3v) is 12.4. The lowest BCUT2D eigenvalue weighted by Crippen LogP contribution is -2.45. The van der Waals surface area contributed by atoms with Gasteiger partial charge in [0.1, 0.15) is 19.8 Å². The summed E-state index contributed by atoms with van der Waals surface area (Å²) in [5.74, 6) is -1.14. The highest BCUT2D eigenvalue weighted by Gasteiger charge is 2.37. The summed E-state index contributed by atoms with van der Waals surface area (Å²) in [5, 5.41) is 31.2. The van der Waals surface area contributed by atoms with Crippen LogP contribution in [0.3, 0.4) is 0 Å². The summed E-state index contributed by atoms with van der Waals surface area (Å²) >= 11 is 0. The van der Waals surface area contributed by atoms with E-state index in [-0.39, 0.29) is 70.2 Å². The van der Waals surface area contributed by atoms with Gasteiger partial charge in [-0.1, -0.05) is 213 Å². The summed E-state index contributed by atoms with van der Waals surface area (Å²) in [4.78, 5) is 38.3. The largest absolute Gasteiger partial charge is 0.465 e. The van der Waals surface area contributed by atoms with E-state index in [0.29, 0.717) is 0 Å². The first-order valence-corrected chi connectivity index (χ1v) is 26.1. The second kappa shape index (κ2) is 44.5. The van der Waals surface area contributed by atoms with E-state index in [1.165, 1.54) is 154 Å². The van der Waals surface area contributed by atoms with Gasteiger partial charge in [0.15, 0.2) is 0 Å². The number of carbonyl (C=O) groups is 3. The van der Waals surface area contributed by atoms with Gasteiger partial charge in [-0.15, -0.1) is 0 Å². The zero-order valence-electron chi connectivity index (χ0n) is 40.8. The normalized spacial score (nSPS) is 11.9. The molecule has 0 saturated heterocycles. The van der Waals surface area contributed by atoms with Gasteiger partial charge < -0.3 is 34.3 Å². The van der Waals surface area contributed by atoms with Gasteiger partial charge in [-0.3, -0.25) is 14.4 Å². The molecule has 0 spiro atoms. The number of esters is 3. The highest BCUT2D eigenvalue weighted by atomic mass is 16.6. The minimum atomic E-state index is -1.27. The van der Waals surface area contributed by atoms with Crippen LogP contribution in [0.25, 0.3) is 0 Å². The molecule has 0 aliphatic carbocycles. The summed E-state index contributed by atoms with van der Waals surface area (Å²) in [6.07, 6.45) is 39.6. The van der Waals surface area contributed by atoms with Gasteiger partial charge in [-0.25, -0.2) is 0 Å². The van der Waals surface area contributed by atoms with Crippen molar-refractivity contribution in [2.24, 2.45) is 10.8 Å². The number of hydrogen-bond donors (Lipinski definition) is 3. The number of rotatable bonds is 49. The first-order valence-electron chi connectivity index (χ1n) is 26.1. The fourth-order valence-corrected chi connectivity index (χ4v) is 7.74. The van der Waals surface area contributed by atoms with Crippen molar-refractivity contribution in [1.29, 1.82) is 0 Å². The Morgan fingerprint density at radius 3 is 0.758 bits per heavy atom. The Hall–Kier alpha value is -1.75. The first-order chi connectivity index (χ1) is 30.3. The third kappa shape index (κ3) is 36.6. The molecule has 0 amide bonds. The van der Waals surface area contributed by atoms with E-state index in [9.17, 15) is 29.7 Å². The molecule has 368 valence electrons. The van der Waals surface area contributed by atoms with Gasteiger partial charge in [0, 0.05) is 19.3 Å². The molecule has 10 heteroatoms. The van der Waals surface area contributed by atoms with Crippen molar-refractivity contribution in [2.45, 2.75) is 252 Å². The van der Waals surface area contributed by atoms with Crippen molar-refractivity contribution < 1.29 is 48.7 Å². The van der Waals surface area contributed by atoms with Crippen molar-refractivity contribution >= 4 is 17.9 Å². The molecule has 0 fully saturated rings. The van der Waals surface area contributed by atoms with E-state index in [0.717, 1.165) is 57.8 Å². The van der Waals surface area contributed by atoms with Gasteiger partial charge in [0.05, 0.1) is 43.9 Å². The fourth-order valence-electron chi connectivity index (χ4n) is 7.74. The van der Waals surface area contributed by atoms with Crippen LogP contribution in [0.1, 0.15) is 252 Å². The number of carbonyl (C=O) groups excluding carboxylic acids is 3. The van der Waals surface area contributed by atoms with Gasteiger partial charge in [0.2, 0.25) is 0 Å². The van der Waals surface area contributed by atoms with Gasteiger partial charge in [-0.2, -0.15) is 0 Å². The lowest BCUT2D eigenvalue weighted by molar-refractivity contribution is -0.165. The van der Waals surface area contributed by atoms with E-state index < -0.39 is 30.7 Å². The molecular formula is C52H100O10. The van der Waals surface area contributed by atoms with Crippen LogP contribution in [0.15, 0.2) is 0 Å². The molecule has 0 aromatic rings. The maximum absolute atomic E-state index is 12.8. The van der Waals surface area contributed by atoms with E-state index in [1.807, 2.05) is 0 Å². The molecule has 0 heterocycles. The van der Waals surface area contributed by atoms with Crippen molar-refractivity contribution in [2.75, 3.05) is 52.9 Å². The smallest absolute Gasteiger partial charge is 0.305 e. The summed E-state index contributed by atoms with van der Waals surface area (Å²) < 4.78 is 22.8. The Kier molecular flexibility index (Phi) is 43.2. The number of ether oxygens (including phenoxy) is 4. The maximum atomic E-state index is 12.8. The molecule has 0 bridgehead atoms. The molecule has 0 radical (unpaired) electrons. The zero-order chi connectivity index (χ0) is 45.7. The average Bonchev–Trinajstić information content (AvgIpc) is 3.28. The van der Waals surface area contributed by atoms with Crippen LogP contribution in [-0.2, 0) is 33.3 Å². The standard InChI is InChI=1S/C52H100O10/c1-4-7-10-13-16-19-22-25-28-31-34-37-48(56)60-45-51(40-53,41-54)43-59-44-52(42-55,46-61-49(57)38-35-32-29-26-23-20-17-14-11-8-5-2)47-62-50(58)39-36-33-30-27-24-21-18-15-12-9-6-3/h53-55H,4-47H2,1-3H3. The predicted octanol–water partition coefficient (Wildman–Crippen LogP) is 12.7. The van der Waals surface area contributed by atoms with Crippen molar-refractivity contribution in [3.05, 3.63) is 0 Å². The van der Waals surface area contributed by atoms with Crippen LogP contribution < -0.4 is 0 Å². The van der Waals surface area contributed by atoms with Crippen LogP contribution >= 0.6 is 0 Å². The highest BCUT2D eigenvalue weighted by Crippen LogP contribution is 2.25. The monoisotopic (exact) mass is 885 g/mol. The Morgan fingerprint density at radius 1 is 0.306 bits per heavy atom. The van der Waals surface area contributed by atoms with E-state index in [2.05, 4.69) is 20.8 Å². The van der Waals surface area contributed by atoms with Crippen LogP contribution in [-0.4, -0.2) is 86.1 Å². The molecule has 0 atom stereocenters. The molecule has 0 aliphatic heterocycles. The lowest BCUT2D eigenvalue weighted by atomic mass is 9.90. The minimum Gasteiger partial charge on any atom is -0.465 e. The summed E-state index contributed by atoms with van der Waals surface area (Å²) in [6.45, 7) is 4.20. The average molecular weight is 885 g/mol. The maximum Gasteiger partial charge on any atom is 0.305 e. The number of hydrogen-bond acceptors (Lipinski definition) is 10.